The van der Waals surface area contributed by atoms with Crippen LogP contribution in [0.25, 0.3) is 11.3 Å². The van der Waals surface area contributed by atoms with Crippen molar-refractivity contribution in [2.45, 2.75) is 25.0 Å². The van der Waals surface area contributed by atoms with Gasteiger partial charge < -0.3 is 9.67 Å². The fourth-order valence-corrected chi connectivity index (χ4v) is 4.53. The van der Waals surface area contributed by atoms with E-state index in [-0.39, 0.29) is 12.0 Å². The Morgan fingerprint density at radius 3 is 2.92 bits per heavy atom. The van der Waals surface area contributed by atoms with Crippen molar-refractivity contribution >= 4 is 0 Å². The predicted octanol–water partition coefficient (Wildman–Crippen LogP) is 3.62. The molecule has 0 spiro atoms. The molecule has 4 nitrogen and oxygen atoms in total. The number of aryl methyl sites for hydroxylation is 1. The Morgan fingerprint density at radius 1 is 1.16 bits per heavy atom. The maximum atomic E-state index is 11.1. The zero-order valence-corrected chi connectivity index (χ0v) is 13.6. The number of hydrogen-bond donors (Lipinski definition) is 1. The summed E-state index contributed by atoms with van der Waals surface area (Å²) in [7, 11) is 0. The maximum Gasteiger partial charge on any atom is 0.0991 e. The molecule has 1 aliphatic carbocycles. The molecule has 0 saturated carbocycles. The van der Waals surface area contributed by atoms with Crippen LogP contribution in [0.1, 0.15) is 40.8 Å². The molecule has 0 radical (unpaired) electrons. The molecule has 0 fully saturated rings. The molecule has 2 heterocycles. The minimum atomic E-state index is -0.539. The third kappa shape index (κ3) is 2.00. The third-order valence-corrected chi connectivity index (χ3v) is 5.67. The summed E-state index contributed by atoms with van der Waals surface area (Å²) in [6, 6.07) is 16.3. The Labute approximate surface area is 146 Å². The van der Waals surface area contributed by atoms with E-state index in [0.29, 0.717) is 5.56 Å². The Kier molecular flexibility index (Phi) is 3.06. The van der Waals surface area contributed by atoms with Crippen LogP contribution < -0.4 is 0 Å². The molecule has 0 bridgehead atoms. The average molecular weight is 327 g/mol. The highest BCUT2D eigenvalue weighted by atomic mass is 16.3. The van der Waals surface area contributed by atoms with Crippen molar-refractivity contribution in [3.05, 3.63) is 77.2 Å². The summed E-state index contributed by atoms with van der Waals surface area (Å²) < 4.78 is 2.20. The van der Waals surface area contributed by atoms with Gasteiger partial charge in [0.2, 0.25) is 0 Å². The number of nitrogens with zero attached hydrogens (tertiary/aromatic N) is 3. The Morgan fingerprint density at radius 2 is 2.04 bits per heavy atom. The molecule has 3 aromatic rings. The first kappa shape index (κ1) is 14.4. The fraction of sp³-hybridized carbons (Fsp3) is 0.238. The van der Waals surface area contributed by atoms with Gasteiger partial charge in [-0.1, -0.05) is 30.3 Å². The van der Waals surface area contributed by atoms with Crippen molar-refractivity contribution in [1.82, 2.24) is 9.55 Å². The van der Waals surface area contributed by atoms with Crippen molar-refractivity contribution in [2.75, 3.05) is 0 Å². The Bertz CT molecular complexity index is 1010. The van der Waals surface area contributed by atoms with Crippen molar-refractivity contribution in [2.24, 2.45) is 5.92 Å². The standard InChI is InChI=1S/C21H17N3O/c22-10-13-5-7-15-14(9-13)6-8-18(21(15)25)20-17-4-2-1-3-16(17)19-11-23-12-24(19)20/h1-5,7,9,11-12,18,20-21,25H,6,8H2/t18-,20+,21+/m0/s1. The first-order valence-electron chi connectivity index (χ1n) is 8.60. The molecule has 5 rings (SSSR count). The number of aliphatic hydroxyl groups excluding tert-OH is 1. The molecule has 2 aromatic carbocycles. The lowest BCUT2D eigenvalue weighted by atomic mass is 9.75. The lowest BCUT2D eigenvalue weighted by Crippen LogP contribution is -2.28. The minimum absolute atomic E-state index is 0.0945. The molecule has 1 aliphatic heterocycles. The molecular weight excluding hydrogens is 310 g/mol. The number of hydrogen-bond acceptors (Lipinski definition) is 3. The summed E-state index contributed by atoms with van der Waals surface area (Å²) in [5.74, 6) is 0.0945. The lowest BCUT2D eigenvalue weighted by molar-refractivity contribution is 0.0720. The minimum Gasteiger partial charge on any atom is -0.388 e. The summed E-state index contributed by atoms with van der Waals surface area (Å²) in [4.78, 5) is 4.33. The van der Waals surface area contributed by atoms with Crippen molar-refractivity contribution in [1.29, 1.82) is 5.26 Å². The summed E-state index contributed by atoms with van der Waals surface area (Å²) in [6.07, 6.45) is 5.01. The van der Waals surface area contributed by atoms with Crippen molar-refractivity contribution in [3.63, 3.8) is 0 Å². The van der Waals surface area contributed by atoms with E-state index < -0.39 is 6.10 Å². The predicted molar refractivity (Wildman–Crippen MR) is 93.7 cm³/mol. The van der Waals surface area contributed by atoms with E-state index in [2.05, 4.69) is 39.9 Å². The first-order chi connectivity index (χ1) is 12.3. The number of aromatic nitrogens is 2. The van der Waals surface area contributed by atoms with Gasteiger partial charge in [-0.15, -0.1) is 0 Å². The van der Waals surface area contributed by atoms with Gasteiger partial charge >= 0.3 is 0 Å². The van der Waals surface area contributed by atoms with E-state index in [9.17, 15) is 5.11 Å². The van der Waals surface area contributed by atoms with Gasteiger partial charge in [0.25, 0.3) is 0 Å². The quantitative estimate of drug-likeness (QED) is 0.742. The van der Waals surface area contributed by atoms with Gasteiger partial charge in [-0.2, -0.15) is 5.26 Å². The second-order valence-corrected chi connectivity index (χ2v) is 6.89. The highest BCUT2D eigenvalue weighted by molar-refractivity contribution is 5.69. The van der Waals surface area contributed by atoms with Crippen molar-refractivity contribution < 1.29 is 5.11 Å². The van der Waals surface area contributed by atoms with Crippen LogP contribution in [0.4, 0.5) is 0 Å². The van der Waals surface area contributed by atoms with E-state index in [1.165, 1.54) is 11.1 Å². The summed E-state index contributed by atoms with van der Waals surface area (Å²) in [5.41, 5.74) is 6.32. The molecular formula is C21H17N3O. The van der Waals surface area contributed by atoms with E-state index in [1.54, 1.807) is 6.07 Å². The molecule has 0 amide bonds. The zero-order valence-electron chi connectivity index (χ0n) is 13.6. The van der Waals surface area contributed by atoms with Gasteiger partial charge in [0.15, 0.2) is 0 Å². The second-order valence-electron chi connectivity index (χ2n) is 6.89. The van der Waals surface area contributed by atoms with E-state index in [0.717, 1.165) is 29.7 Å². The van der Waals surface area contributed by atoms with Crippen LogP contribution >= 0.6 is 0 Å². The van der Waals surface area contributed by atoms with Crippen LogP contribution in [0.15, 0.2) is 55.0 Å². The fourth-order valence-electron chi connectivity index (χ4n) is 4.53. The molecule has 0 saturated heterocycles. The summed E-state index contributed by atoms with van der Waals surface area (Å²) in [6.45, 7) is 0. The number of benzene rings is 2. The van der Waals surface area contributed by atoms with Crippen molar-refractivity contribution in [3.8, 4) is 17.3 Å². The highest BCUT2D eigenvalue weighted by Gasteiger charge is 2.40. The van der Waals surface area contributed by atoms with Gasteiger partial charge in [0.05, 0.1) is 42.0 Å². The molecule has 2 aliphatic rings. The largest absolute Gasteiger partial charge is 0.388 e. The van der Waals surface area contributed by atoms with E-state index in [1.807, 2.05) is 24.7 Å². The second kappa shape index (κ2) is 5.30. The Hall–Kier alpha value is -2.90. The van der Waals surface area contributed by atoms with Gasteiger partial charge in [0.1, 0.15) is 0 Å². The van der Waals surface area contributed by atoms with Crippen LogP contribution in [-0.2, 0) is 6.42 Å². The topological polar surface area (TPSA) is 61.8 Å². The van der Waals surface area contributed by atoms with Gasteiger partial charge in [-0.25, -0.2) is 4.98 Å². The lowest BCUT2D eigenvalue weighted by Gasteiger charge is -2.35. The zero-order chi connectivity index (χ0) is 17.0. The third-order valence-electron chi connectivity index (χ3n) is 5.67. The van der Waals surface area contributed by atoms with Gasteiger partial charge in [-0.3, -0.25) is 0 Å². The molecule has 4 heteroatoms. The van der Waals surface area contributed by atoms with E-state index >= 15 is 0 Å². The molecule has 122 valence electrons. The highest BCUT2D eigenvalue weighted by Crippen LogP contribution is 2.49. The summed E-state index contributed by atoms with van der Waals surface area (Å²) >= 11 is 0. The van der Waals surface area contributed by atoms with Crippen LogP contribution in [-0.4, -0.2) is 14.7 Å². The molecule has 1 aromatic heterocycles. The smallest absolute Gasteiger partial charge is 0.0991 e. The monoisotopic (exact) mass is 327 g/mol. The summed E-state index contributed by atoms with van der Waals surface area (Å²) in [5, 5.41) is 20.2. The number of aliphatic hydroxyl groups is 1. The van der Waals surface area contributed by atoms with Crippen LogP contribution in [0, 0.1) is 17.2 Å². The number of nitriles is 1. The number of fused-ring (bicyclic) bond motifs is 4. The number of imidazole rings is 1. The molecule has 0 unspecified atom stereocenters. The average Bonchev–Trinajstić information content (AvgIpc) is 3.23. The van der Waals surface area contributed by atoms with Gasteiger partial charge in [-0.05, 0) is 41.7 Å². The normalized spacial score (nSPS) is 23.4. The number of rotatable bonds is 1. The van der Waals surface area contributed by atoms with Crippen LogP contribution in [0.2, 0.25) is 0 Å². The van der Waals surface area contributed by atoms with E-state index in [4.69, 9.17) is 5.26 Å². The van der Waals surface area contributed by atoms with Crippen LogP contribution in [0.5, 0.6) is 0 Å². The molecule has 3 atom stereocenters. The van der Waals surface area contributed by atoms with Crippen LogP contribution in [0.3, 0.4) is 0 Å². The van der Waals surface area contributed by atoms with Gasteiger partial charge in [0, 0.05) is 11.5 Å². The molecule has 1 N–H and O–H groups in total. The molecule has 25 heavy (non-hydrogen) atoms. The maximum absolute atomic E-state index is 11.1. The SMILES string of the molecule is N#Cc1ccc2c(c1)CC[C@@H]([C@H]1c3ccccc3-c3cncn31)[C@@H]2O. The Balaban J connectivity index is 1.60. The first-order valence-corrected chi connectivity index (χ1v) is 8.60.